The van der Waals surface area contributed by atoms with Crippen LogP contribution in [0.25, 0.3) is 0 Å². The van der Waals surface area contributed by atoms with Gasteiger partial charge in [0.15, 0.2) is 0 Å². The standard InChI is InChI=1S/C26H24N2O4S/c1-17-8-6-7-11-22(17)28-25(30)24(19-9-4-3-5-10-19)33-21-14-12-20(13-15-21)27-23(29)16-18(2)26(31)32/h3-16,24H,1-2H3,(H,27,29)(H,28,30)(H,31,32)/b18-16+. The Bertz CT molecular complexity index is 1170. The maximum atomic E-state index is 13.2. The summed E-state index contributed by atoms with van der Waals surface area (Å²) in [4.78, 5) is 36.9. The predicted molar refractivity (Wildman–Crippen MR) is 131 cm³/mol. The molecule has 0 heterocycles. The summed E-state index contributed by atoms with van der Waals surface area (Å²) >= 11 is 1.40. The van der Waals surface area contributed by atoms with Crippen molar-refractivity contribution in [1.29, 1.82) is 0 Å². The topological polar surface area (TPSA) is 95.5 Å². The number of benzene rings is 3. The molecule has 2 amide bonds. The van der Waals surface area contributed by atoms with Crippen LogP contribution in [-0.2, 0) is 14.4 Å². The lowest BCUT2D eigenvalue weighted by Crippen LogP contribution is -2.19. The number of hydrogen-bond acceptors (Lipinski definition) is 4. The summed E-state index contributed by atoms with van der Waals surface area (Å²) in [5.74, 6) is -1.80. The number of carbonyl (C=O) groups excluding carboxylic acids is 2. The average Bonchev–Trinajstić information content (AvgIpc) is 2.80. The average molecular weight is 461 g/mol. The Hall–Kier alpha value is -3.84. The van der Waals surface area contributed by atoms with E-state index in [9.17, 15) is 14.4 Å². The van der Waals surface area contributed by atoms with Crippen LogP contribution in [0.1, 0.15) is 23.3 Å². The zero-order chi connectivity index (χ0) is 23.8. The van der Waals surface area contributed by atoms with Crippen molar-refractivity contribution in [1.82, 2.24) is 0 Å². The molecule has 3 aromatic carbocycles. The van der Waals surface area contributed by atoms with Crippen molar-refractivity contribution in [3.63, 3.8) is 0 Å². The second kappa shape index (κ2) is 11.2. The Morgan fingerprint density at radius 1 is 0.879 bits per heavy atom. The Labute approximate surface area is 196 Å². The molecule has 0 saturated heterocycles. The molecule has 0 aromatic heterocycles. The monoisotopic (exact) mass is 460 g/mol. The highest BCUT2D eigenvalue weighted by atomic mass is 32.2. The molecule has 3 N–H and O–H groups in total. The van der Waals surface area contributed by atoms with Gasteiger partial charge in [0, 0.05) is 27.9 Å². The number of para-hydroxylation sites is 1. The fourth-order valence-corrected chi connectivity index (χ4v) is 4.03. The minimum absolute atomic E-state index is 0.0509. The fourth-order valence-electron chi connectivity index (χ4n) is 3.00. The number of amides is 2. The molecule has 33 heavy (non-hydrogen) atoms. The van der Waals surface area contributed by atoms with E-state index in [1.54, 1.807) is 12.1 Å². The van der Waals surface area contributed by atoms with Crippen LogP contribution in [0.4, 0.5) is 11.4 Å². The molecule has 0 aliphatic carbocycles. The van der Waals surface area contributed by atoms with Crippen molar-refractivity contribution in [3.8, 4) is 0 Å². The summed E-state index contributed by atoms with van der Waals surface area (Å²) in [6.07, 6.45) is 1.03. The van der Waals surface area contributed by atoms with Gasteiger partial charge < -0.3 is 15.7 Å². The highest BCUT2D eigenvalue weighted by molar-refractivity contribution is 8.00. The maximum Gasteiger partial charge on any atom is 0.331 e. The molecular weight excluding hydrogens is 436 g/mol. The van der Waals surface area contributed by atoms with E-state index in [4.69, 9.17) is 5.11 Å². The number of nitrogens with one attached hydrogen (secondary N) is 2. The molecule has 0 radical (unpaired) electrons. The number of thioether (sulfide) groups is 1. The summed E-state index contributed by atoms with van der Waals surface area (Å²) in [7, 11) is 0. The molecule has 7 heteroatoms. The summed E-state index contributed by atoms with van der Waals surface area (Å²) in [6.45, 7) is 3.30. The first-order valence-corrected chi connectivity index (χ1v) is 11.1. The first kappa shape index (κ1) is 23.8. The second-order valence-electron chi connectivity index (χ2n) is 7.36. The summed E-state index contributed by atoms with van der Waals surface area (Å²) < 4.78 is 0. The van der Waals surface area contributed by atoms with E-state index in [0.717, 1.165) is 27.8 Å². The van der Waals surface area contributed by atoms with Gasteiger partial charge >= 0.3 is 5.97 Å². The van der Waals surface area contributed by atoms with Crippen LogP contribution in [-0.4, -0.2) is 22.9 Å². The zero-order valence-corrected chi connectivity index (χ0v) is 19.1. The van der Waals surface area contributed by atoms with Gasteiger partial charge in [-0.3, -0.25) is 9.59 Å². The molecule has 0 saturated carbocycles. The van der Waals surface area contributed by atoms with Crippen LogP contribution in [0.2, 0.25) is 0 Å². The molecule has 168 valence electrons. The third-order valence-corrected chi connectivity index (χ3v) is 6.07. The lowest BCUT2D eigenvalue weighted by Gasteiger charge is -2.18. The minimum Gasteiger partial charge on any atom is -0.478 e. The lowest BCUT2D eigenvalue weighted by molar-refractivity contribution is -0.132. The summed E-state index contributed by atoms with van der Waals surface area (Å²) in [5, 5.41) is 14.1. The Kier molecular flexibility index (Phi) is 8.05. The highest BCUT2D eigenvalue weighted by Gasteiger charge is 2.22. The van der Waals surface area contributed by atoms with E-state index in [0.29, 0.717) is 5.69 Å². The van der Waals surface area contributed by atoms with E-state index in [-0.39, 0.29) is 11.5 Å². The van der Waals surface area contributed by atoms with Crippen LogP contribution in [0.15, 0.2) is 95.4 Å². The summed E-state index contributed by atoms with van der Waals surface area (Å²) in [5.41, 5.74) is 3.10. The number of aryl methyl sites for hydroxylation is 1. The van der Waals surface area contributed by atoms with Crippen LogP contribution in [0.3, 0.4) is 0 Å². The maximum absolute atomic E-state index is 13.2. The van der Waals surface area contributed by atoms with E-state index in [1.807, 2.05) is 73.7 Å². The fraction of sp³-hybridized carbons (Fsp3) is 0.115. The highest BCUT2D eigenvalue weighted by Crippen LogP contribution is 2.37. The van der Waals surface area contributed by atoms with Gasteiger partial charge in [-0.25, -0.2) is 4.79 Å². The molecule has 1 atom stereocenters. The van der Waals surface area contributed by atoms with E-state index in [1.165, 1.54) is 18.7 Å². The van der Waals surface area contributed by atoms with Gasteiger partial charge in [-0.15, -0.1) is 11.8 Å². The largest absolute Gasteiger partial charge is 0.478 e. The number of carboxylic acid groups (broad SMARTS) is 1. The van der Waals surface area contributed by atoms with Gasteiger partial charge in [-0.2, -0.15) is 0 Å². The Morgan fingerprint density at radius 2 is 1.52 bits per heavy atom. The molecule has 0 fully saturated rings. The number of rotatable bonds is 8. The molecule has 0 aliphatic rings. The van der Waals surface area contributed by atoms with Crippen molar-refractivity contribution in [2.24, 2.45) is 0 Å². The third-order valence-electron chi connectivity index (χ3n) is 4.80. The second-order valence-corrected chi connectivity index (χ2v) is 8.54. The molecule has 1 unspecified atom stereocenters. The zero-order valence-electron chi connectivity index (χ0n) is 18.2. The quantitative estimate of drug-likeness (QED) is 0.307. The van der Waals surface area contributed by atoms with Crippen molar-refractivity contribution in [3.05, 3.63) is 102 Å². The Balaban J connectivity index is 1.76. The van der Waals surface area contributed by atoms with Crippen molar-refractivity contribution >= 4 is 40.9 Å². The number of carbonyl (C=O) groups is 3. The first-order valence-electron chi connectivity index (χ1n) is 10.2. The van der Waals surface area contributed by atoms with Gasteiger partial charge in [-0.05, 0) is 55.3 Å². The van der Waals surface area contributed by atoms with Gasteiger partial charge in [0.1, 0.15) is 5.25 Å². The third kappa shape index (κ3) is 6.82. The molecule has 0 bridgehead atoms. The molecule has 6 nitrogen and oxygen atoms in total. The van der Waals surface area contributed by atoms with Gasteiger partial charge in [0.2, 0.25) is 11.8 Å². The smallest absolute Gasteiger partial charge is 0.331 e. The predicted octanol–water partition coefficient (Wildman–Crippen LogP) is 5.44. The van der Waals surface area contributed by atoms with E-state index in [2.05, 4.69) is 10.6 Å². The van der Waals surface area contributed by atoms with E-state index >= 15 is 0 Å². The SMILES string of the molecule is C/C(=C\C(=O)Nc1ccc(SC(C(=O)Nc2ccccc2C)c2ccccc2)cc1)C(=O)O. The van der Waals surface area contributed by atoms with Crippen LogP contribution < -0.4 is 10.6 Å². The van der Waals surface area contributed by atoms with Crippen molar-refractivity contribution in [2.75, 3.05) is 10.6 Å². The van der Waals surface area contributed by atoms with Gasteiger partial charge in [0.05, 0.1) is 0 Å². The van der Waals surface area contributed by atoms with Gasteiger partial charge in [-0.1, -0.05) is 48.5 Å². The van der Waals surface area contributed by atoms with Gasteiger partial charge in [0.25, 0.3) is 0 Å². The van der Waals surface area contributed by atoms with Crippen LogP contribution >= 0.6 is 11.8 Å². The number of aliphatic carboxylic acids is 1. The summed E-state index contributed by atoms with van der Waals surface area (Å²) in [6, 6.07) is 24.2. The number of hydrogen-bond donors (Lipinski definition) is 3. The molecule has 3 aromatic rings. The minimum atomic E-state index is -1.15. The molecule has 3 rings (SSSR count). The lowest BCUT2D eigenvalue weighted by atomic mass is 10.1. The van der Waals surface area contributed by atoms with Crippen molar-refractivity contribution in [2.45, 2.75) is 24.0 Å². The van der Waals surface area contributed by atoms with Crippen molar-refractivity contribution < 1.29 is 19.5 Å². The number of anilines is 2. The normalized spacial score (nSPS) is 12.0. The Morgan fingerprint density at radius 3 is 2.15 bits per heavy atom. The molecular formula is C26H24N2O4S. The molecule has 0 aliphatic heterocycles. The first-order chi connectivity index (χ1) is 15.8. The molecule has 0 spiro atoms. The van der Waals surface area contributed by atoms with Crippen LogP contribution in [0.5, 0.6) is 0 Å². The number of carboxylic acids is 1. The van der Waals surface area contributed by atoms with Crippen LogP contribution in [0, 0.1) is 6.92 Å². The van der Waals surface area contributed by atoms with E-state index < -0.39 is 17.1 Å².